The van der Waals surface area contributed by atoms with Crippen molar-refractivity contribution < 1.29 is 4.74 Å². The van der Waals surface area contributed by atoms with E-state index in [9.17, 15) is 0 Å². The number of fused-ring (bicyclic) bond motifs is 3. The summed E-state index contributed by atoms with van der Waals surface area (Å²) in [5.41, 5.74) is 6.94. The van der Waals surface area contributed by atoms with Crippen LogP contribution in [0.1, 0.15) is 36.8 Å². The predicted molar refractivity (Wildman–Crippen MR) is 141 cm³/mol. The van der Waals surface area contributed by atoms with E-state index in [0.29, 0.717) is 6.61 Å². The second-order valence-corrected chi connectivity index (χ2v) is 10.3. The first-order valence-corrected chi connectivity index (χ1v) is 12.5. The Labute approximate surface area is 205 Å². The first-order chi connectivity index (χ1) is 15.9. The van der Waals surface area contributed by atoms with Crippen molar-refractivity contribution in [3.05, 3.63) is 93.4 Å². The van der Waals surface area contributed by atoms with Crippen LogP contribution in [0.2, 0.25) is 0 Å². The molecule has 0 atom stereocenters. The Morgan fingerprint density at radius 2 is 1.67 bits per heavy atom. The zero-order valence-electron chi connectivity index (χ0n) is 19.5. The molecule has 168 valence electrons. The topological polar surface area (TPSA) is 17.4 Å². The van der Waals surface area contributed by atoms with Crippen molar-refractivity contribution in [2.45, 2.75) is 39.8 Å². The summed E-state index contributed by atoms with van der Waals surface area (Å²) in [5, 5.41) is 0. The number of rotatable bonds is 5. The Hall–Kier alpha value is -2.89. The molecule has 4 aromatic rings. The van der Waals surface area contributed by atoms with Crippen LogP contribution in [0.5, 0.6) is 5.75 Å². The van der Waals surface area contributed by atoms with E-state index in [-0.39, 0.29) is 5.54 Å². The maximum atomic E-state index is 6.13. The minimum absolute atomic E-state index is 0.225. The molecule has 0 amide bonds. The first kappa shape index (κ1) is 21.9. The van der Waals surface area contributed by atoms with Crippen LogP contribution in [0.15, 0.2) is 72.8 Å². The van der Waals surface area contributed by atoms with Gasteiger partial charge in [-0.2, -0.15) is 0 Å². The van der Waals surface area contributed by atoms with Crippen molar-refractivity contribution in [1.82, 2.24) is 3.96 Å². The lowest BCUT2D eigenvalue weighted by Gasteiger charge is -2.44. The minimum atomic E-state index is -0.225. The summed E-state index contributed by atoms with van der Waals surface area (Å²) in [7, 11) is 0. The van der Waals surface area contributed by atoms with E-state index >= 15 is 0 Å². The largest absolute Gasteiger partial charge is 0.492 e. The summed E-state index contributed by atoms with van der Waals surface area (Å²) in [6.07, 6.45) is 0. The molecule has 3 aromatic carbocycles. The van der Waals surface area contributed by atoms with Crippen molar-refractivity contribution in [2.75, 3.05) is 11.5 Å². The highest BCUT2D eigenvalue weighted by Crippen LogP contribution is 2.52. The van der Waals surface area contributed by atoms with Gasteiger partial charge in [-0.05, 0) is 57.5 Å². The number of benzene rings is 3. The van der Waals surface area contributed by atoms with E-state index in [1.165, 1.54) is 32.8 Å². The molecular weight excluding hydrogens is 444 g/mol. The number of para-hydroxylation sites is 2. The molecule has 5 heteroatoms. The Bertz CT molecular complexity index is 1370. The molecule has 5 rings (SSSR count). The molecule has 0 bridgehead atoms. The average molecular weight is 473 g/mol. The van der Waals surface area contributed by atoms with Gasteiger partial charge in [-0.25, -0.2) is 0 Å². The zero-order chi connectivity index (χ0) is 23.2. The SMILES string of the molecule is CCOc1ccccc1-n1sc2c(c1=S)-c1cc(C)ccc1N(Cc1ccccc1)C2(C)C. The van der Waals surface area contributed by atoms with Gasteiger partial charge in [0.25, 0.3) is 0 Å². The predicted octanol–water partition coefficient (Wildman–Crippen LogP) is 7.90. The molecule has 0 saturated carbocycles. The van der Waals surface area contributed by atoms with Crippen LogP contribution in [-0.2, 0) is 12.1 Å². The van der Waals surface area contributed by atoms with E-state index in [4.69, 9.17) is 17.0 Å². The zero-order valence-corrected chi connectivity index (χ0v) is 21.1. The summed E-state index contributed by atoms with van der Waals surface area (Å²) < 4.78 is 8.97. The third-order valence-corrected chi connectivity index (χ3v) is 8.27. The van der Waals surface area contributed by atoms with Crippen molar-refractivity contribution in [3.63, 3.8) is 0 Å². The molecule has 3 nitrogen and oxygen atoms in total. The smallest absolute Gasteiger partial charge is 0.144 e. The highest BCUT2D eigenvalue weighted by atomic mass is 32.1. The van der Waals surface area contributed by atoms with Crippen molar-refractivity contribution in [1.29, 1.82) is 0 Å². The Balaban J connectivity index is 1.74. The third-order valence-electron chi connectivity index (χ3n) is 6.32. The fraction of sp³-hybridized carbons (Fsp3) is 0.250. The minimum Gasteiger partial charge on any atom is -0.492 e. The monoisotopic (exact) mass is 472 g/mol. The van der Waals surface area contributed by atoms with Gasteiger partial charge in [0.15, 0.2) is 0 Å². The quantitative estimate of drug-likeness (QED) is 0.275. The van der Waals surface area contributed by atoms with Gasteiger partial charge in [-0.3, -0.25) is 3.96 Å². The fourth-order valence-corrected chi connectivity index (χ4v) is 6.38. The Morgan fingerprint density at radius 1 is 0.939 bits per heavy atom. The molecule has 0 radical (unpaired) electrons. The van der Waals surface area contributed by atoms with Gasteiger partial charge in [-0.15, -0.1) is 0 Å². The van der Waals surface area contributed by atoms with E-state index < -0.39 is 0 Å². The van der Waals surface area contributed by atoms with Crippen LogP contribution in [0.3, 0.4) is 0 Å². The number of hydrogen-bond acceptors (Lipinski definition) is 4. The van der Waals surface area contributed by atoms with Crippen LogP contribution in [0, 0.1) is 11.6 Å². The fourth-order valence-electron chi connectivity index (χ4n) is 4.65. The number of anilines is 1. The van der Waals surface area contributed by atoms with Gasteiger partial charge < -0.3 is 9.64 Å². The number of hydrogen-bond donors (Lipinski definition) is 0. The number of ether oxygens (including phenoxy) is 1. The molecule has 2 heterocycles. The Kier molecular flexibility index (Phi) is 5.63. The standard InChI is InChI=1S/C28H28N2OS2/c1-5-31-24-14-10-9-13-23(24)30-27(32)25-21-17-19(2)15-16-22(21)29(28(3,4)26(25)33-30)18-20-11-7-6-8-12-20/h6-17H,5,18H2,1-4H3. The lowest BCUT2D eigenvalue weighted by molar-refractivity contribution is 0.339. The van der Waals surface area contributed by atoms with Crippen LogP contribution in [-0.4, -0.2) is 10.6 Å². The molecule has 0 spiro atoms. The van der Waals surface area contributed by atoms with Crippen molar-refractivity contribution in [3.8, 4) is 22.6 Å². The molecule has 1 aromatic heterocycles. The number of aryl methyl sites for hydroxylation is 1. The van der Waals surface area contributed by atoms with Gasteiger partial charge >= 0.3 is 0 Å². The van der Waals surface area contributed by atoms with Gasteiger partial charge in [0.1, 0.15) is 10.4 Å². The van der Waals surface area contributed by atoms with E-state index in [1.54, 1.807) is 11.5 Å². The van der Waals surface area contributed by atoms with Gasteiger partial charge in [0.05, 0.1) is 22.7 Å². The summed E-state index contributed by atoms with van der Waals surface area (Å²) in [6, 6.07) is 25.6. The van der Waals surface area contributed by atoms with Gasteiger partial charge in [0.2, 0.25) is 0 Å². The molecule has 1 aliphatic heterocycles. The maximum absolute atomic E-state index is 6.13. The lowest BCUT2D eigenvalue weighted by Crippen LogP contribution is -2.43. The van der Waals surface area contributed by atoms with Crippen LogP contribution < -0.4 is 9.64 Å². The number of aromatic nitrogens is 1. The van der Waals surface area contributed by atoms with Crippen LogP contribution in [0.4, 0.5) is 5.69 Å². The third kappa shape index (κ3) is 3.69. The van der Waals surface area contributed by atoms with Crippen LogP contribution in [0.25, 0.3) is 16.8 Å². The molecule has 0 aliphatic carbocycles. The summed E-state index contributed by atoms with van der Waals surface area (Å²) in [6.45, 7) is 10.2. The van der Waals surface area contributed by atoms with E-state index in [2.05, 4.69) is 84.2 Å². The van der Waals surface area contributed by atoms with Gasteiger partial charge in [0, 0.05) is 23.4 Å². The molecular formula is C28H28N2OS2. The summed E-state index contributed by atoms with van der Waals surface area (Å²) in [4.78, 5) is 3.80. The highest BCUT2D eigenvalue weighted by molar-refractivity contribution is 7.71. The summed E-state index contributed by atoms with van der Waals surface area (Å²) >= 11 is 7.86. The first-order valence-electron chi connectivity index (χ1n) is 11.3. The average Bonchev–Trinajstić information content (AvgIpc) is 3.16. The van der Waals surface area contributed by atoms with Crippen molar-refractivity contribution in [2.24, 2.45) is 0 Å². The van der Waals surface area contributed by atoms with E-state index in [0.717, 1.165) is 22.6 Å². The molecule has 0 N–H and O–H groups in total. The van der Waals surface area contributed by atoms with E-state index in [1.807, 2.05) is 25.1 Å². The highest BCUT2D eigenvalue weighted by Gasteiger charge is 2.40. The summed E-state index contributed by atoms with van der Waals surface area (Å²) in [5.74, 6) is 0.859. The molecule has 1 aliphatic rings. The lowest BCUT2D eigenvalue weighted by atomic mass is 9.86. The van der Waals surface area contributed by atoms with Crippen molar-refractivity contribution >= 4 is 29.4 Å². The molecule has 0 unspecified atom stereocenters. The Morgan fingerprint density at radius 3 is 2.42 bits per heavy atom. The molecule has 0 fully saturated rings. The maximum Gasteiger partial charge on any atom is 0.144 e. The number of nitrogens with zero attached hydrogens (tertiary/aromatic N) is 2. The normalized spacial score (nSPS) is 14.0. The van der Waals surface area contributed by atoms with Gasteiger partial charge in [-0.1, -0.05) is 77.8 Å². The molecule has 0 saturated heterocycles. The second-order valence-electron chi connectivity index (χ2n) is 8.95. The second kappa shape index (κ2) is 8.47. The molecule has 33 heavy (non-hydrogen) atoms. The van der Waals surface area contributed by atoms with Crippen LogP contribution >= 0.6 is 23.8 Å².